The lowest BCUT2D eigenvalue weighted by Crippen LogP contribution is -2.02. The van der Waals surface area contributed by atoms with Gasteiger partial charge >= 0.3 is 0 Å². The van der Waals surface area contributed by atoms with Crippen LogP contribution < -0.4 is 34.2 Å². The topological polar surface area (TPSA) is 120 Å². The van der Waals surface area contributed by atoms with Gasteiger partial charge < -0.3 is 34.2 Å². The fourth-order valence-corrected chi connectivity index (χ4v) is 4.09. The van der Waals surface area contributed by atoms with E-state index in [0.29, 0.717) is 67.6 Å². The predicted octanol–water partition coefficient (Wildman–Crippen LogP) is 4.65. The molecule has 0 unspecified atom stereocenters. The molecule has 0 aliphatic heterocycles. The number of fused-ring (bicyclic) bond motifs is 1. The molecule has 0 saturated heterocycles. The number of hydrogen-bond donors (Lipinski definition) is 1. The number of aromatic nitrogens is 3. The standard InChI is InChI=1S/C25H25ClN4O6/c1-31-15-7-12(8-16(32-2)23(15)35-5)20-21(30-25-22(29-20)14(26)11-19(27)28-25)13-9-17(33-3)24(36-6)18(10-13)34-4/h7-11H,1-6H3,(H2,27,28,30). The van der Waals surface area contributed by atoms with Crippen molar-refractivity contribution in [2.45, 2.75) is 0 Å². The molecule has 11 heteroatoms. The van der Waals surface area contributed by atoms with E-state index < -0.39 is 0 Å². The summed E-state index contributed by atoms with van der Waals surface area (Å²) in [5.74, 6) is 2.90. The first-order valence-electron chi connectivity index (χ1n) is 10.6. The second-order valence-corrected chi connectivity index (χ2v) is 7.86. The van der Waals surface area contributed by atoms with Crippen LogP contribution in [0.4, 0.5) is 5.82 Å². The number of anilines is 1. The van der Waals surface area contributed by atoms with Crippen molar-refractivity contribution < 1.29 is 28.4 Å². The first-order valence-corrected chi connectivity index (χ1v) is 11.0. The zero-order valence-electron chi connectivity index (χ0n) is 20.6. The molecule has 0 aliphatic carbocycles. The third-order valence-corrected chi connectivity index (χ3v) is 5.78. The lowest BCUT2D eigenvalue weighted by Gasteiger charge is -2.17. The Balaban J connectivity index is 2.11. The van der Waals surface area contributed by atoms with Crippen LogP contribution in [0.25, 0.3) is 33.7 Å². The molecule has 0 saturated carbocycles. The molecule has 0 radical (unpaired) electrons. The molecule has 0 atom stereocenters. The minimum Gasteiger partial charge on any atom is -0.493 e. The molecule has 188 valence electrons. The zero-order chi connectivity index (χ0) is 26.0. The highest BCUT2D eigenvalue weighted by Crippen LogP contribution is 2.46. The van der Waals surface area contributed by atoms with Crippen LogP contribution in [-0.2, 0) is 0 Å². The summed E-state index contributed by atoms with van der Waals surface area (Å²) in [6, 6.07) is 8.62. The van der Waals surface area contributed by atoms with Gasteiger partial charge in [-0.1, -0.05) is 11.6 Å². The van der Waals surface area contributed by atoms with Gasteiger partial charge in [-0.25, -0.2) is 15.0 Å². The normalized spacial score (nSPS) is 10.8. The Morgan fingerprint density at radius 2 is 1.00 bits per heavy atom. The summed E-state index contributed by atoms with van der Waals surface area (Å²) >= 11 is 6.47. The fourth-order valence-electron chi connectivity index (χ4n) is 3.86. The van der Waals surface area contributed by atoms with E-state index in [2.05, 4.69) is 4.98 Å². The minimum absolute atomic E-state index is 0.221. The quantitative estimate of drug-likeness (QED) is 0.357. The largest absolute Gasteiger partial charge is 0.493 e. The molecular formula is C25H25ClN4O6. The van der Waals surface area contributed by atoms with E-state index in [0.717, 1.165) is 0 Å². The van der Waals surface area contributed by atoms with E-state index in [1.54, 1.807) is 24.3 Å². The third-order valence-electron chi connectivity index (χ3n) is 5.49. The van der Waals surface area contributed by atoms with Crippen molar-refractivity contribution in [3.63, 3.8) is 0 Å². The van der Waals surface area contributed by atoms with Crippen molar-refractivity contribution in [2.24, 2.45) is 0 Å². The van der Waals surface area contributed by atoms with Crippen molar-refractivity contribution in [1.82, 2.24) is 15.0 Å². The van der Waals surface area contributed by atoms with Crippen LogP contribution in [0.2, 0.25) is 5.02 Å². The van der Waals surface area contributed by atoms with E-state index in [1.807, 2.05) is 0 Å². The highest BCUT2D eigenvalue weighted by atomic mass is 35.5. The Morgan fingerprint density at radius 3 is 1.39 bits per heavy atom. The SMILES string of the molecule is COc1cc(-c2nc3nc(N)cc(Cl)c3nc2-c2cc(OC)c(OC)c(OC)c2)cc(OC)c1OC. The lowest BCUT2D eigenvalue weighted by atomic mass is 10.0. The van der Waals surface area contributed by atoms with E-state index in [4.69, 9.17) is 55.7 Å². The summed E-state index contributed by atoms with van der Waals surface area (Å²) in [7, 11) is 9.22. The average molecular weight is 513 g/mol. The van der Waals surface area contributed by atoms with E-state index >= 15 is 0 Å². The van der Waals surface area contributed by atoms with Crippen molar-refractivity contribution in [2.75, 3.05) is 48.4 Å². The number of ether oxygens (including phenoxy) is 6. The van der Waals surface area contributed by atoms with Gasteiger partial charge in [-0.3, -0.25) is 0 Å². The smallest absolute Gasteiger partial charge is 0.203 e. The summed E-state index contributed by atoms with van der Waals surface area (Å²) in [6.07, 6.45) is 0. The Morgan fingerprint density at radius 1 is 0.583 bits per heavy atom. The molecule has 10 nitrogen and oxygen atoms in total. The number of methoxy groups -OCH3 is 6. The summed E-state index contributed by atoms with van der Waals surface area (Å²) in [6.45, 7) is 0. The van der Waals surface area contributed by atoms with Gasteiger partial charge in [-0.05, 0) is 24.3 Å². The number of rotatable bonds is 8. The highest BCUT2D eigenvalue weighted by Gasteiger charge is 2.23. The third kappa shape index (κ3) is 4.31. The Labute approximate surface area is 212 Å². The average Bonchev–Trinajstić information content (AvgIpc) is 2.90. The first kappa shape index (κ1) is 24.9. The zero-order valence-corrected chi connectivity index (χ0v) is 21.4. The molecule has 2 N–H and O–H groups in total. The summed E-state index contributed by atoms with van der Waals surface area (Å²) in [5.41, 5.74) is 8.79. The van der Waals surface area contributed by atoms with E-state index in [9.17, 15) is 0 Å². The van der Waals surface area contributed by atoms with Crippen LogP contribution in [0.5, 0.6) is 34.5 Å². The first-order chi connectivity index (χ1) is 17.4. The van der Waals surface area contributed by atoms with Gasteiger partial charge in [0.25, 0.3) is 0 Å². The van der Waals surface area contributed by atoms with Crippen molar-refractivity contribution in [1.29, 1.82) is 0 Å². The fraction of sp³-hybridized carbons (Fsp3) is 0.240. The van der Waals surface area contributed by atoms with Crippen LogP contribution in [-0.4, -0.2) is 57.6 Å². The molecule has 0 bridgehead atoms. The molecule has 2 aromatic heterocycles. The van der Waals surface area contributed by atoms with Crippen LogP contribution in [0.1, 0.15) is 0 Å². The summed E-state index contributed by atoms with van der Waals surface area (Å²) in [4.78, 5) is 14.0. The molecule has 0 fully saturated rings. The maximum atomic E-state index is 6.47. The number of benzene rings is 2. The number of nitrogens with zero attached hydrogens (tertiary/aromatic N) is 3. The van der Waals surface area contributed by atoms with E-state index in [-0.39, 0.29) is 11.5 Å². The maximum absolute atomic E-state index is 6.47. The molecule has 0 aliphatic rings. The minimum atomic E-state index is 0.221. The number of pyridine rings is 1. The monoisotopic (exact) mass is 512 g/mol. The molecule has 0 amide bonds. The van der Waals surface area contributed by atoms with Crippen molar-refractivity contribution in [3.8, 4) is 57.0 Å². The van der Waals surface area contributed by atoms with Gasteiger partial charge in [0, 0.05) is 17.2 Å². The van der Waals surface area contributed by atoms with Crippen molar-refractivity contribution >= 4 is 28.6 Å². The molecule has 36 heavy (non-hydrogen) atoms. The maximum Gasteiger partial charge on any atom is 0.203 e. The van der Waals surface area contributed by atoms with Gasteiger partial charge in [0.05, 0.1) is 59.1 Å². The van der Waals surface area contributed by atoms with Crippen LogP contribution in [0, 0.1) is 0 Å². The molecular weight excluding hydrogens is 488 g/mol. The molecule has 2 aromatic carbocycles. The number of nitrogens with two attached hydrogens (primary N) is 1. The summed E-state index contributed by atoms with van der Waals surface area (Å²) in [5, 5.41) is 0.315. The molecule has 4 rings (SSSR count). The van der Waals surface area contributed by atoms with Gasteiger partial charge in [0.1, 0.15) is 11.3 Å². The summed E-state index contributed by atoms with van der Waals surface area (Å²) < 4.78 is 33.1. The second kappa shape index (κ2) is 10.2. The Kier molecular flexibility index (Phi) is 7.07. The number of hydrogen-bond acceptors (Lipinski definition) is 10. The molecule has 0 spiro atoms. The Bertz CT molecular complexity index is 1400. The second-order valence-electron chi connectivity index (χ2n) is 7.45. The van der Waals surface area contributed by atoms with Crippen LogP contribution in [0.3, 0.4) is 0 Å². The number of nitrogen functional groups attached to an aromatic ring is 1. The number of halogens is 1. The predicted molar refractivity (Wildman–Crippen MR) is 137 cm³/mol. The van der Waals surface area contributed by atoms with Crippen molar-refractivity contribution in [3.05, 3.63) is 35.4 Å². The molecule has 2 heterocycles. The molecule has 4 aromatic rings. The van der Waals surface area contributed by atoms with Gasteiger partial charge in [0.2, 0.25) is 11.5 Å². The van der Waals surface area contributed by atoms with Gasteiger partial charge in [-0.2, -0.15) is 0 Å². The van der Waals surface area contributed by atoms with Crippen LogP contribution in [0.15, 0.2) is 30.3 Å². The van der Waals surface area contributed by atoms with E-state index in [1.165, 1.54) is 48.7 Å². The Hall–Kier alpha value is -4.18. The lowest BCUT2D eigenvalue weighted by molar-refractivity contribution is 0.324. The van der Waals surface area contributed by atoms with Gasteiger partial charge in [0.15, 0.2) is 28.6 Å². The highest BCUT2D eigenvalue weighted by molar-refractivity contribution is 6.35. The van der Waals surface area contributed by atoms with Crippen LogP contribution >= 0.6 is 11.6 Å². The van der Waals surface area contributed by atoms with Gasteiger partial charge in [-0.15, -0.1) is 0 Å².